The maximum atomic E-state index is 11.0. The van der Waals surface area contributed by atoms with Crippen LogP contribution in [0.5, 0.6) is 0 Å². The van der Waals surface area contributed by atoms with Gasteiger partial charge in [0.2, 0.25) is 0 Å². The van der Waals surface area contributed by atoms with Crippen molar-refractivity contribution in [3.05, 3.63) is 23.9 Å². The van der Waals surface area contributed by atoms with Crippen LogP contribution < -0.4 is 4.90 Å². The molecule has 4 nitrogen and oxygen atoms in total. The molecule has 1 aromatic rings. The Labute approximate surface area is 88.6 Å². The second kappa shape index (κ2) is 3.88. The highest BCUT2D eigenvalue weighted by atomic mass is 16.4. The van der Waals surface area contributed by atoms with Crippen LogP contribution in [0.15, 0.2) is 18.3 Å². The first kappa shape index (κ1) is 9.96. The number of carboxylic acid groups (broad SMARTS) is 1. The van der Waals surface area contributed by atoms with E-state index in [0.29, 0.717) is 6.42 Å². The molecule has 1 saturated heterocycles. The maximum Gasteiger partial charge on any atom is 0.326 e. The lowest BCUT2D eigenvalue weighted by molar-refractivity contribution is -0.138. The van der Waals surface area contributed by atoms with E-state index in [4.69, 9.17) is 5.11 Å². The van der Waals surface area contributed by atoms with Gasteiger partial charge in [0.25, 0.3) is 0 Å². The van der Waals surface area contributed by atoms with Crippen molar-refractivity contribution in [3.8, 4) is 0 Å². The molecule has 1 aromatic heterocycles. The summed E-state index contributed by atoms with van der Waals surface area (Å²) in [4.78, 5) is 17.2. The van der Waals surface area contributed by atoms with Gasteiger partial charge in [-0.15, -0.1) is 0 Å². The largest absolute Gasteiger partial charge is 0.480 e. The van der Waals surface area contributed by atoms with Gasteiger partial charge >= 0.3 is 5.97 Å². The predicted molar refractivity (Wildman–Crippen MR) is 57.0 cm³/mol. The van der Waals surface area contributed by atoms with Crippen LogP contribution in [-0.2, 0) is 4.79 Å². The number of carboxylic acids is 1. The summed E-state index contributed by atoms with van der Waals surface area (Å²) in [6.07, 6.45) is 3.35. The minimum atomic E-state index is -0.752. The number of aryl methyl sites for hydroxylation is 1. The fourth-order valence-corrected chi connectivity index (χ4v) is 2.05. The van der Waals surface area contributed by atoms with Crippen LogP contribution >= 0.6 is 0 Å². The number of carbonyl (C=O) groups is 1. The lowest BCUT2D eigenvalue weighted by Crippen LogP contribution is -2.36. The molecule has 0 bridgehead atoms. The van der Waals surface area contributed by atoms with Gasteiger partial charge in [-0.05, 0) is 31.4 Å². The van der Waals surface area contributed by atoms with E-state index in [1.165, 1.54) is 0 Å². The smallest absolute Gasteiger partial charge is 0.326 e. The molecule has 4 heteroatoms. The minimum absolute atomic E-state index is 0.404. The molecule has 15 heavy (non-hydrogen) atoms. The molecule has 2 rings (SSSR count). The van der Waals surface area contributed by atoms with Crippen molar-refractivity contribution in [1.29, 1.82) is 0 Å². The second-order valence-corrected chi connectivity index (χ2v) is 3.83. The molecule has 1 N–H and O–H groups in total. The SMILES string of the molecule is Cc1cccnc1N1CCCC1C(=O)O. The molecule has 1 fully saturated rings. The summed E-state index contributed by atoms with van der Waals surface area (Å²) in [5.74, 6) is 0.0555. The van der Waals surface area contributed by atoms with Crippen molar-refractivity contribution in [1.82, 2.24) is 4.98 Å². The van der Waals surface area contributed by atoms with E-state index in [9.17, 15) is 4.79 Å². The van der Waals surface area contributed by atoms with E-state index in [-0.39, 0.29) is 0 Å². The summed E-state index contributed by atoms with van der Waals surface area (Å²) >= 11 is 0. The number of hydrogen-bond acceptors (Lipinski definition) is 3. The van der Waals surface area contributed by atoms with Crippen molar-refractivity contribution >= 4 is 11.8 Å². The van der Waals surface area contributed by atoms with Crippen LogP contribution in [0, 0.1) is 6.92 Å². The van der Waals surface area contributed by atoms with Crippen LogP contribution in [0.2, 0.25) is 0 Å². The van der Waals surface area contributed by atoms with Crippen molar-refractivity contribution < 1.29 is 9.90 Å². The Kier molecular flexibility index (Phi) is 2.58. The Hall–Kier alpha value is -1.58. The standard InChI is InChI=1S/C11H14N2O2/c1-8-4-2-6-12-10(8)13-7-3-5-9(13)11(14)15/h2,4,6,9H,3,5,7H2,1H3,(H,14,15). The molecule has 1 unspecified atom stereocenters. The van der Waals surface area contributed by atoms with Gasteiger partial charge in [-0.1, -0.05) is 6.07 Å². The van der Waals surface area contributed by atoms with Gasteiger partial charge in [0, 0.05) is 12.7 Å². The molecule has 1 aliphatic heterocycles. The van der Waals surface area contributed by atoms with Gasteiger partial charge in [0.1, 0.15) is 11.9 Å². The molecule has 0 spiro atoms. The Morgan fingerprint density at radius 2 is 2.47 bits per heavy atom. The normalized spacial score (nSPS) is 20.6. The number of pyridine rings is 1. The molecule has 0 aliphatic carbocycles. The molecule has 80 valence electrons. The van der Waals surface area contributed by atoms with Gasteiger partial charge in [0.05, 0.1) is 0 Å². The molecule has 1 atom stereocenters. The highest BCUT2D eigenvalue weighted by Gasteiger charge is 2.31. The molecule has 0 aromatic carbocycles. The summed E-state index contributed by atoms with van der Waals surface area (Å²) < 4.78 is 0. The first-order valence-corrected chi connectivity index (χ1v) is 5.11. The van der Waals surface area contributed by atoms with E-state index < -0.39 is 12.0 Å². The van der Waals surface area contributed by atoms with Gasteiger partial charge in [-0.2, -0.15) is 0 Å². The third-order valence-corrected chi connectivity index (χ3v) is 2.79. The summed E-state index contributed by atoms with van der Waals surface area (Å²) in [5.41, 5.74) is 1.03. The molecule has 0 radical (unpaired) electrons. The summed E-state index contributed by atoms with van der Waals surface area (Å²) in [6, 6.07) is 3.42. The summed E-state index contributed by atoms with van der Waals surface area (Å²) in [7, 11) is 0. The third-order valence-electron chi connectivity index (χ3n) is 2.79. The predicted octanol–water partition coefficient (Wildman–Crippen LogP) is 1.44. The lowest BCUT2D eigenvalue weighted by atomic mass is 10.2. The number of rotatable bonds is 2. The van der Waals surface area contributed by atoms with Crippen LogP contribution in [0.3, 0.4) is 0 Å². The Bertz CT molecular complexity index is 379. The van der Waals surface area contributed by atoms with Crippen molar-refractivity contribution in [2.45, 2.75) is 25.8 Å². The fraction of sp³-hybridized carbons (Fsp3) is 0.455. The van der Waals surface area contributed by atoms with E-state index in [0.717, 1.165) is 24.3 Å². The van der Waals surface area contributed by atoms with Crippen molar-refractivity contribution in [2.75, 3.05) is 11.4 Å². The topological polar surface area (TPSA) is 53.4 Å². The number of aliphatic carboxylic acids is 1. The number of anilines is 1. The second-order valence-electron chi connectivity index (χ2n) is 3.83. The van der Waals surface area contributed by atoms with Gasteiger partial charge in [-0.25, -0.2) is 9.78 Å². The van der Waals surface area contributed by atoms with E-state index in [1.54, 1.807) is 6.20 Å². The van der Waals surface area contributed by atoms with Crippen molar-refractivity contribution in [2.24, 2.45) is 0 Å². The van der Waals surface area contributed by atoms with Crippen LogP contribution in [0.4, 0.5) is 5.82 Å². The molecule has 0 saturated carbocycles. The van der Waals surface area contributed by atoms with E-state index >= 15 is 0 Å². The van der Waals surface area contributed by atoms with Gasteiger partial charge in [-0.3, -0.25) is 0 Å². The first-order chi connectivity index (χ1) is 7.20. The number of aromatic nitrogens is 1. The molecule has 1 aliphatic rings. The zero-order valence-electron chi connectivity index (χ0n) is 8.68. The highest BCUT2D eigenvalue weighted by Crippen LogP contribution is 2.26. The third kappa shape index (κ3) is 1.79. The zero-order valence-corrected chi connectivity index (χ0v) is 8.68. The molecular weight excluding hydrogens is 192 g/mol. The average Bonchev–Trinajstić information content (AvgIpc) is 2.67. The quantitative estimate of drug-likeness (QED) is 0.795. The first-order valence-electron chi connectivity index (χ1n) is 5.11. The van der Waals surface area contributed by atoms with E-state index in [1.807, 2.05) is 24.0 Å². The molecular formula is C11H14N2O2. The zero-order chi connectivity index (χ0) is 10.8. The van der Waals surface area contributed by atoms with Crippen molar-refractivity contribution in [3.63, 3.8) is 0 Å². The Morgan fingerprint density at radius 1 is 1.67 bits per heavy atom. The Morgan fingerprint density at radius 3 is 3.13 bits per heavy atom. The highest BCUT2D eigenvalue weighted by molar-refractivity contribution is 5.78. The van der Waals surface area contributed by atoms with Gasteiger partial charge in [0.15, 0.2) is 0 Å². The fourth-order valence-electron chi connectivity index (χ4n) is 2.05. The van der Waals surface area contributed by atoms with E-state index in [2.05, 4.69) is 4.98 Å². The minimum Gasteiger partial charge on any atom is -0.480 e. The molecule has 2 heterocycles. The summed E-state index contributed by atoms with van der Waals surface area (Å²) in [6.45, 7) is 2.74. The van der Waals surface area contributed by atoms with Crippen LogP contribution in [-0.4, -0.2) is 28.6 Å². The lowest BCUT2D eigenvalue weighted by Gasteiger charge is -2.23. The monoisotopic (exact) mass is 206 g/mol. The Balaban J connectivity index is 2.30. The maximum absolute atomic E-state index is 11.0. The van der Waals surface area contributed by atoms with Crippen LogP contribution in [0.1, 0.15) is 18.4 Å². The number of hydrogen-bond donors (Lipinski definition) is 1. The summed E-state index contributed by atoms with van der Waals surface area (Å²) in [5, 5.41) is 9.07. The van der Waals surface area contributed by atoms with Crippen LogP contribution in [0.25, 0.3) is 0 Å². The van der Waals surface area contributed by atoms with Gasteiger partial charge < -0.3 is 10.0 Å². The molecule has 0 amide bonds. The number of nitrogens with zero attached hydrogens (tertiary/aromatic N) is 2. The average molecular weight is 206 g/mol.